The first kappa shape index (κ1) is 8.52. The van der Waals surface area contributed by atoms with E-state index in [0.717, 1.165) is 5.57 Å². The Hall–Kier alpha value is -1.58. The number of hydrogen-bond acceptors (Lipinski definition) is 2. The summed E-state index contributed by atoms with van der Waals surface area (Å²) in [6.07, 6.45) is 1.93. The first-order valence-corrected chi connectivity index (χ1v) is 3.62. The van der Waals surface area contributed by atoms with Crippen LogP contribution in [0.5, 0.6) is 0 Å². The van der Waals surface area contributed by atoms with Crippen molar-refractivity contribution >= 4 is 11.7 Å². The summed E-state index contributed by atoms with van der Waals surface area (Å²) in [6.45, 7) is 5.45. The van der Waals surface area contributed by atoms with Crippen LogP contribution in [0.3, 0.4) is 0 Å². The van der Waals surface area contributed by atoms with E-state index in [1.54, 1.807) is 12.3 Å². The summed E-state index contributed by atoms with van der Waals surface area (Å²) in [6, 6.07) is 1.69. The van der Waals surface area contributed by atoms with Crippen LogP contribution in [0.25, 0.3) is 0 Å². The number of carbonyl (C=O) groups excluding carboxylic acids is 1. The molecule has 1 aromatic heterocycles. The standard InChI is InChI=1S/C8H11N3O/c1-6(2)5-8(12)10-7-3-4-9-11-7/h3-4H,1,5H2,2H3,(H2,9,10,11,12). The highest BCUT2D eigenvalue weighted by molar-refractivity contribution is 5.91. The zero-order valence-electron chi connectivity index (χ0n) is 6.92. The van der Waals surface area contributed by atoms with E-state index in [1.807, 2.05) is 6.92 Å². The van der Waals surface area contributed by atoms with Crippen molar-refractivity contribution in [1.29, 1.82) is 0 Å². The van der Waals surface area contributed by atoms with Crippen molar-refractivity contribution in [1.82, 2.24) is 10.2 Å². The van der Waals surface area contributed by atoms with Crippen LogP contribution in [0, 0.1) is 0 Å². The smallest absolute Gasteiger partial charge is 0.229 e. The number of H-pyrrole nitrogens is 1. The van der Waals surface area contributed by atoms with Crippen LogP contribution in [0.2, 0.25) is 0 Å². The fourth-order valence-corrected chi connectivity index (χ4v) is 0.794. The van der Waals surface area contributed by atoms with Gasteiger partial charge in [0.1, 0.15) is 5.82 Å². The first-order valence-electron chi connectivity index (χ1n) is 3.62. The normalized spacial score (nSPS) is 9.42. The fourth-order valence-electron chi connectivity index (χ4n) is 0.794. The molecule has 4 heteroatoms. The van der Waals surface area contributed by atoms with Crippen LogP contribution in [0.4, 0.5) is 5.82 Å². The Kier molecular flexibility index (Phi) is 2.63. The first-order chi connectivity index (χ1) is 5.68. The van der Waals surface area contributed by atoms with Crippen LogP contribution in [0.15, 0.2) is 24.4 Å². The molecule has 64 valence electrons. The Morgan fingerprint density at radius 3 is 3.08 bits per heavy atom. The fraction of sp³-hybridized carbons (Fsp3) is 0.250. The highest BCUT2D eigenvalue weighted by atomic mass is 16.1. The van der Waals surface area contributed by atoms with Gasteiger partial charge >= 0.3 is 0 Å². The topological polar surface area (TPSA) is 57.8 Å². The third-order valence-corrected chi connectivity index (χ3v) is 1.24. The zero-order chi connectivity index (χ0) is 8.97. The van der Waals surface area contributed by atoms with Gasteiger partial charge in [0.15, 0.2) is 0 Å². The van der Waals surface area contributed by atoms with Crippen molar-refractivity contribution in [2.45, 2.75) is 13.3 Å². The third kappa shape index (κ3) is 2.57. The van der Waals surface area contributed by atoms with Gasteiger partial charge in [0, 0.05) is 12.5 Å². The van der Waals surface area contributed by atoms with Crippen LogP contribution < -0.4 is 5.32 Å². The molecule has 0 aliphatic rings. The predicted octanol–water partition coefficient (Wildman–Crippen LogP) is 1.31. The molecule has 1 amide bonds. The maximum atomic E-state index is 11.1. The Labute approximate surface area is 70.7 Å². The summed E-state index contributed by atoms with van der Waals surface area (Å²) >= 11 is 0. The molecular formula is C8H11N3O. The van der Waals surface area contributed by atoms with Gasteiger partial charge in [0.25, 0.3) is 0 Å². The SMILES string of the molecule is C=C(C)CC(=O)Nc1ccn[nH]1. The maximum absolute atomic E-state index is 11.1. The minimum Gasteiger partial charge on any atom is -0.311 e. The zero-order valence-corrected chi connectivity index (χ0v) is 6.92. The Bertz CT molecular complexity index is 277. The summed E-state index contributed by atoms with van der Waals surface area (Å²) in [7, 11) is 0. The van der Waals surface area contributed by atoms with E-state index >= 15 is 0 Å². The van der Waals surface area contributed by atoms with Crippen molar-refractivity contribution in [3.63, 3.8) is 0 Å². The van der Waals surface area contributed by atoms with Crippen LogP contribution in [0.1, 0.15) is 13.3 Å². The second-order valence-corrected chi connectivity index (χ2v) is 2.65. The van der Waals surface area contributed by atoms with Gasteiger partial charge < -0.3 is 5.32 Å². The summed E-state index contributed by atoms with van der Waals surface area (Å²) in [5.41, 5.74) is 0.840. The molecule has 0 aromatic carbocycles. The summed E-state index contributed by atoms with van der Waals surface area (Å²) in [4.78, 5) is 11.1. The number of amides is 1. The Morgan fingerprint density at radius 2 is 2.58 bits per heavy atom. The Morgan fingerprint density at radius 1 is 1.83 bits per heavy atom. The molecule has 0 radical (unpaired) electrons. The van der Waals surface area contributed by atoms with Crippen molar-refractivity contribution in [3.05, 3.63) is 24.4 Å². The average Bonchev–Trinajstić information content (AvgIpc) is 2.37. The third-order valence-electron chi connectivity index (χ3n) is 1.24. The molecular weight excluding hydrogens is 154 g/mol. The second-order valence-electron chi connectivity index (χ2n) is 2.65. The monoisotopic (exact) mass is 165 g/mol. The molecule has 12 heavy (non-hydrogen) atoms. The van der Waals surface area contributed by atoms with Gasteiger partial charge in [-0.3, -0.25) is 9.89 Å². The number of nitrogens with one attached hydrogen (secondary N) is 2. The van der Waals surface area contributed by atoms with Gasteiger partial charge in [-0.25, -0.2) is 0 Å². The molecule has 0 aliphatic heterocycles. The molecule has 0 fully saturated rings. The highest BCUT2D eigenvalue weighted by Gasteiger charge is 2.01. The second kappa shape index (κ2) is 3.71. The van der Waals surface area contributed by atoms with E-state index in [-0.39, 0.29) is 5.91 Å². The molecule has 1 aromatic rings. The predicted molar refractivity (Wildman–Crippen MR) is 46.6 cm³/mol. The molecule has 0 aliphatic carbocycles. The molecule has 0 saturated carbocycles. The average molecular weight is 165 g/mol. The van der Waals surface area contributed by atoms with Gasteiger partial charge in [0.2, 0.25) is 5.91 Å². The lowest BCUT2D eigenvalue weighted by atomic mass is 10.2. The lowest BCUT2D eigenvalue weighted by Crippen LogP contribution is -2.11. The van der Waals surface area contributed by atoms with Crippen LogP contribution in [-0.4, -0.2) is 16.1 Å². The molecule has 0 bridgehead atoms. The number of aromatic amines is 1. The molecule has 1 heterocycles. The summed E-state index contributed by atoms with van der Waals surface area (Å²) < 4.78 is 0. The van der Waals surface area contributed by atoms with Gasteiger partial charge in [-0.15, -0.1) is 0 Å². The summed E-state index contributed by atoms with van der Waals surface area (Å²) in [5.74, 6) is 0.535. The van der Waals surface area contributed by atoms with Gasteiger partial charge in [-0.2, -0.15) is 5.10 Å². The molecule has 0 spiro atoms. The molecule has 1 rings (SSSR count). The van der Waals surface area contributed by atoms with Crippen LogP contribution in [-0.2, 0) is 4.79 Å². The van der Waals surface area contributed by atoms with Crippen molar-refractivity contribution in [3.8, 4) is 0 Å². The number of aromatic nitrogens is 2. The van der Waals surface area contributed by atoms with Gasteiger partial charge in [-0.05, 0) is 6.92 Å². The van der Waals surface area contributed by atoms with Crippen molar-refractivity contribution in [2.75, 3.05) is 5.32 Å². The number of hydrogen-bond donors (Lipinski definition) is 2. The van der Waals surface area contributed by atoms with Gasteiger partial charge in [0.05, 0.1) is 6.20 Å². The minimum absolute atomic E-state index is 0.0771. The number of rotatable bonds is 3. The molecule has 2 N–H and O–H groups in total. The lowest BCUT2D eigenvalue weighted by Gasteiger charge is -2.00. The Balaban J connectivity index is 2.42. The van der Waals surface area contributed by atoms with E-state index in [4.69, 9.17) is 0 Å². The van der Waals surface area contributed by atoms with E-state index < -0.39 is 0 Å². The quantitative estimate of drug-likeness (QED) is 0.663. The number of carbonyl (C=O) groups is 1. The van der Waals surface area contributed by atoms with E-state index in [2.05, 4.69) is 22.1 Å². The number of anilines is 1. The van der Waals surface area contributed by atoms with E-state index in [9.17, 15) is 4.79 Å². The summed E-state index contributed by atoms with van der Waals surface area (Å²) in [5, 5.41) is 8.96. The van der Waals surface area contributed by atoms with Crippen LogP contribution >= 0.6 is 0 Å². The maximum Gasteiger partial charge on any atom is 0.229 e. The highest BCUT2D eigenvalue weighted by Crippen LogP contribution is 2.02. The van der Waals surface area contributed by atoms with Gasteiger partial charge in [-0.1, -0.05) is 12.2 Å². The molecule has 0 atom stereocenters. The van der Waals surface area contributed by atoms with E-state index in [0.29, 0.717) is 12.2 Å². The molecule has 0 saturated heterocycles. The molecule has 4 nitrogen and oxygen atoms in total. The van der Waals surface area contributed by atoms with Crippen molar-refractivity contribution in [2.24, 2.45) is 0 Å². The molecule has 0 unspecified atom stereocenters. The van der Waals surface area contributed by atoms with E-state index in [1.165, 1.54) is 0 Å². The van der Waals surface area contributed by atoms with Crippen molar-refractivity contribution < 1.29 is 4.79 Å². The lowest BCUT2D eigenvalue weighted by molar-refractivity contribution is -0.115. The largest absolute Gasteiger partial charge is 0.311 e. The minimum atomic E-state index is -0.0771. The number of nitrogens with zero attached hydrogens (tertiary/aromatic N) is 1.